The first-order chi connectivity index (χ1) is 9.45. The number of nitrogen functional groups attached to an aromatic ring is 1. The Bertz CT molecular complexity index is 667. The zero-order chi connectivity index (χ0) is 14.7. The summed E-state index contributed by atoms with van der Waals surface area (Å²) >= 11 is 7.36. The summed E-state index contributed by atoms with van der Waals surface area (Å²) in [5.41, 5.74) is 6.48. The lowest BCUT2D eigenvalue weighted by Gasteiger charge is -2.06. The Morgan fingerprint density at radius 2 is 2.05 bits per heavy atom. The van der Waals surface area contributed by atoms with Crippen LogP contribution in [0.5, 0.6) is 0 Å². The largest absolute Gasteiger partial charge is 0.399 e. The van der Waals surface area contributed by atoms with Crippen LogP contribution >= 0.6 is 23.4 Å². The monoisotopic (exact) mass is 312 g/mol. The van der Waals surface area contributed by atoms with E-state index in [-0.39, 0.29) is 5.69 Å². The van der Waals surface area contributed by atoms with Crippen molar-refractivity contribution >= 4 is 34.7 Å². The van der Waals surface area contributed by atoms with Crippen LogP contribution in [0.1, 0.15) is 5.56 Å². The fraction of sp³-hybridized carbons (Fsp3) is 0.0769. The summed E-state index contributed by atoms with van der Waals surface area (Å²) in [4.78, 5) is 10.8. The molecule has 2 rings (SSSR count). The molecule has 0 aliphatic heterocycles. The van der Waals surface area contributed by atoms with Crippen molar-refractivity contribution in [2.45, 2.75) is 10.6 Å². The van der Waals surface area contributed by atoms with Crippen LogP contribution in [0.25, 0.3) is 0 Å². The fourth-order valence-corrected chi connectivity index (χ4v) is 2.81. The molecule has 0 radical (unpaired) electrons. The minimum atomic E-state index is -0.631. The minimum Gasteiger partial charge on any atom is -0.399 e. The van der Waals surface area contributed by atoms with Crippen molar-refractivity contribution in [2.24, 2.45) is 0 Å². The number of halogens is 2. The van der Waals surface area contributed by atoms with Gasteiger partial charge in [0.1, 0.15) is 5.82 Å². The molecule has 0 heterocycles. The van der Waals surface area contributed by atoms with Crippen molar-refractivity contribution in [3.8, 4) is 0 Å². The number of nitrogens with zero attached hydrogens (tertiary/aromatic N) is 1. The first kappa shape index (κ1) is 14.6. The molecule has 0 saturated heterocycles. The van der Waals surface area contributed by atoms with Gasteiger partial charge in [-0.3, -0.25) is 10.1 Å². The second-order valence-corrected chi connectivity index (χ2v) is 5.48. The maximum absolute atomic E-state index is 13.3. The number of hydrogen-bond donors (Lipinski definition) is 1. The van der Waals surface area contributed by atoms with Gasteiger partial charge in [-0.15, -0.1) is 11.8 Å². The molecule has 0 bridgehead atoms. The number of non-ortho nitro benzene ring substituents is 1. The number of nitrogens with two attached hydrogens (primary N) is 1. The normalized spacial score (nSPS) is 10.5. The maximum atomic E-state index is 13.3. The van der Waals surface area contributed by atoms with Crippen molar-refractivity contribution < 1.29 is 9.31 Å². The van der Waals surface area contributed by atoms with Crippen molar-refractivity contribution in [1.82, 2.24) is 0 Å². The molecule has 0 unspecified atom stereocenters. The molecular weight excluding hydrogens is 303 g/mol. The molecule has 0 aliphatic rings. The minimum absolute atomic E-state index is 0.265. The number of rotatable bonds is 4. The second kappa shape index (κ2) is 6.11. The lowest BCUT2D eigenvalue weighted by atomic mass is 10.2. The van der Waals surface area contributed by atoms with Crippen molar-refractivity contribution in [2.75, 3.05) is 5.73 Å². The molecule has 7 heteroatoms. The highest BCUT2D eigenvalue weighted by Crippen LogP contribution is 2.32. The maximum Gasteiger partial charge on any atom is 0.272 e. The number of benzene rings is 2. The molecule has 0 fully saturated rings. The Morgan fingerprint density at radius 3 is 2.75 bits per heavy atom. The molecule has 2 N–H and O–H groups in total. The van der Waals surface area contributed by atoms with Crippen molar-refractivity contribution in [1.29, 1.82) is 0 Å². The van der Waals surface area contributed by atoms with E-state index in [2.05, 4.69) is 0 Å². The summed E-state index contributed by atoms with van der Waals surface area (Å²) in [6.07, 6.45) is 0. The Balaban J connectivity index is 2.18. The third-order valence-electron chi connectivity index (χ3n) is 2.50. The topological polar surface area (TPSA) is 69.2 Å². The number of nitro benzene ring substituents is 1. The van der Waals surface area contributed by atoms with Gasteiger partial charge in [-0.2, -0.15) is 0 Å². The predicted molar refractivity (Wildman–Crippen MR) is 78.5 cm³/mol. The van der Waals surface area contributed by atoms with E-state index in [1.165, 1.54) is 23.9 Å². The highest BCUT2D eigenvalue weighted by molar-refractivity contribution is 7.98. The summed E-state index contributed by atoms with van der Waals surface area (Å²) in [6.45, 7) is 0. The second-order valence-electron chi connectivity index (χ2n) is 4.05. The summed E-state index contributed by atoms with van der Waals surface area (Å²) in [5.74, 6) is -0.268. The Labute approximate surface area is 123 Å². The van der Waals surface area contributed by atoms with Gasteiger partial charge in [-0.05, 0) is 29.8 Å². The Hall–Kier alpha value is -1.79. The van der Waals surface area contributed by atoms with E-state index in [4.69, 9.17) is 17.3 Å². The summed E-state index contributed by atoms with van der Waals surface area (Å²) < 4.78 is 13.3. The lowest BCUT2D eigenvalue weighted by Crippen LogP contribution is -1.92. The van der Waals surface area contributed by atoms with Crippen LogP contribution in [0.15, 0.2) is 41.3 Å². The van der Waals surface area contributed by atoms with E-state index in [1.807, 2.05) is 0 Å². The quantitative estimate of drug-likeness (QED) is 0.396. The van der Waals surface area contributed by atoms with Gasteiger partial charge in [-0.1, -0.05) is 11.6 Å². The van der Waals surface area contributed by atoms with Crippen LogP contribution in [0.3, 0.4) is 0 Å². The molecule has 0 aliphatic carbocycles. The lowest BCUT2D eigenvalue weighted by molar-refractivity contribution is -0.385. The van der Waals surface area contributed by atoms with Gasteiger partial charge in [0, 0.05) is 22.4 Å². The molecular formula is C13H10ClFN2O2S. The fourth-order valence-electron chi connectivity index (χ4n) is 1.61. The summed E-state index contributed by atoms with van der Waals surface area (Å²) in [6, 6.07) is 8.56. The van der Waals surface area contributed by atoms with Gasteiger partial charge >= 0.3 is 0 Å². The molecule has 104 valence electrons. The zero-order valence-electron chi connectivity index (χ0n) is 10.2. The Kier molecular flexibility index (Phi) is 4.46. The molecule has 0 aromatic heterocycles. The van der Waals surface area contributed by atoms with Crippen molar-refractivity contribution in [3.05, 3.63) is 62.9 Å². The molecule has 2 aromatic rings. The highest BCUT2D eigenvalue weighted by Gasteiger charge is 2.10. The van der Waals surface area contributed by atoms with Crippen LogP contribution in [0.4, 0.5) is 15.8 Å². The van der Waals surface area contributed by atoms with Gasteiger partial charge in [0.15, 0.2) is 0 Å². The third kappa shape index (κ3) is 3.61. The number of anilines is 1. The van der Waals surface area contributed by atoms with Crippen molar-refractivity contribution in [3.63, 3.8) is 0 Å². The van der Waals surface area contributed by atoms with E-state index in [1.54, 1.807) is 18.2 Å². The summed E-state index contributed by atoms with van der Waals surface area (Å²) in [5, 5.41) is 11.2. The van der Waals surface area contributed by atoms with Gasteiger partial charge in [0.25, 0.3) is 5.69 Å². The zero-order valence-corrected chi connectivity index (χ0v) is 11.7. The van der Waals surface area contributed by atoms with E-state index < -0.39 is 10.7 Å². The van der Waals surface area contributed by atoms with E-state index in [9.17, 15) is 14.5 Å². The molecule has 0 atom stereocenters. The number of hydrogen-bond acceptors (Lipinski definition) is 4. The third-order valence-corrected chi connectivity index (χ3v) is 4.07. The van der Waals surface area contributed by atoms with Gasteiger partial charge < -0.3 is 5.73 Å². The van der Waals surface area contributed by atoms with Gasteiger partial charge in [0.05, 0.1) is 16.0 Å². The molecule has 20 heavy (non-hydrogen) atoms. The van der Waals surface area contributed by atoms with Crippen LogP contribution in [-0.4, -0.2) is 4.92 Å². The molecule has 0 spiro atoms. The molecule has 4 nitrogen and oxygen atoms in total. The molecule has 0 saturated carbocycles. The van der Waals surface area contributed by atoms with Crippen LogP contribution in [0, 0.1) is 15.9 Å². The molecule has 0 amide bonds. The van der Waals surface area contributed by atoms with E-state index in [0.29, 0.717) is 22.0 Å². The highest BCUT2D eigenvalue weighted by atomic mass is 35.5. The number of thioether (sulfide) groups is 1. The number of nitro groups is 1. The standard InChI is InChI=1S/C13H10ClFN2O2S/c14-12-2-1-10(16)6-13(12)20-7-8-3-9(15)5-11(4-8)17(18)19/h1-6H,7,16H2. The average Bonchev–Trinajstić information content (AvgIpc) is 2.39. The van der Waals surface area contributed by atoms with Crippen LogP contribution < -0.4 is 5.73 Å². The summed E-state index contributed by atoms with van der Waals surface area (Å²) in [7, 11) is 0. The predicted octanol–water partition coefficient (Wildman–Crippen LogP) is 4.26. The van der Waals surface area contributed by atoms with E-state index in [0.717, 1.165) is 11.0 Å². The van der Waals surface area contributed by atoms with Crippen LogP contribution in [0.2, 0.25) is 5.02 Å². The van der Waals surface area contributed by atoms with Gasteiger partial charge in [0.2, 0.25) is 0 Å². The average molecular weight is 313 g/mol. The Morgan fingerprint density at radius 1 is 1.30 bits per heavy atom. The first-order valence-electron chi connectivity index (χ1n) is 5.57. The molecule has 2 aromatic carbocycles. The first-order valence-corrected chi connectivity index (χ1v) is 6.94. The van der Waals surface area contributed by atoms with E-state index >= 15 is 0 Å². The SMILES string of the molecule is Nc1ccc(Cl)c(SCc2cc(F)cc([N+](=O)[O-])c2)c1. The smallest absolute Gasteiger partial charge is 0.272 e. The van der Waals surface area contributed by atoms with Gasteiger partial charge in [-0.25, -0.2) is 4.39 Å². The van der Waals surface area contributed by atoms with Crippen LogP contribution in [-0.2, 0) is 5.75 Å².